The standard InChI is InChI=1S/C18H12BrNS/c19-13-10-11-16-18(17(13)12-6-2-1-3-7-12)20-14-8-4-5-9-15(14)21-16/h1-11,20H. The zero-order valence-corrected chi connectivity index (χ0v) is 13.5. The van der Waals surface area contributed by atoms with Crippen LogP contribution in [0.15, 0.2) is 81.0 Å². The van der Waals surface area contributed by atoms with E-state index in [1.54, 1.807) is 0 Å². The van der Waals surface area contributed by atoms with Crippen molar-refractivity contribution in [1.82, 2.24) is 0 Å². The Morgan fingerprint density at radius 2 is 1.52 bits per heavy atom. The molecule has 0 unspecified atom stereocenters. The summed E-state index contributed by atoms with van der Waals surface area (Å²) in [5.41, 5.74) is 4.79. The van der Waals surface area contributed by atoms with E-state index in [9.17, 15) is 0 Å². The van der Waals surface area contributed by atoms with Crippen LogP contribution in [0.3, 0.4) is 0 Å². The maximum absolute atomic E-state index is 3.70. The molecule has 1 heterocycles. The average Bonchev–Trinajstić information content (AvgIpc) is 2.54. The van der Waals surface area contributed by atoms with Gasteiger partial charge >= 0.3 is 0 Å². The van der Waals surface area contributed by atoms with E-state index in [0.29, 0.717) is 0 Å². The molecule has 0 radical (unpaired) electrons. The van der Waals surface area contributed by atoms with E-state index in [1.165, 1.54) is 32.3 Å². The summed E-state index contributed by atoms with van der Waals surface area (Å²) in [6.45, 7) is 0. The third-order valence-electron chi connectivity index (χ3n) is 3.55. The first-order valence-corrected chi connectivity index (χ1v) is 8.36. The lowest BCUT2D eigenvalue weighted by atomic mass is 10.0. The minimum Gasteiger partial charge on any atom is -0.353 e. The Morgan fingerprint density at radius 1 is 0.762 bits per heavy atom. The van der Waals surface area contributed by atoms with Crippen molar-refractivity contribution in [3.05, 3.63) is 71.2 Å². The van der Waals surface area contributed by atoms with Crippen molar-refractivity contribution in [2.45, 2.75) is 9.79 Å². The summed E-state index contributed by atoms with van der Waals surface area (Å²) in [7, 11) is 0. The predicted molar refractivity (Wildman–Crippen MR) is 93.4 cm³/mol. The van der Waals surface area contributed by atoms with Crippen molar-refractivity contribution >= 4 is 39.1 Å². The Morgan fingerprint density at radius 3 is 2.38 bits per heavy atom. The molecule has 3 aromatic carbocycles. The van der Waals surface area contributed by atoms with Crippen molar-refractivity contribution in [3.8, 4) is 11.1 Å². The van der Waals surface area contributed by atoms with Gasteiger partial charge in [-0.3, -0.25) is 0 Å². The number of fused-ring (bicyclic) bond motifs is 2. The highest BCUT2D eigenvalue weighted by Gasteiger charge is 2.20. The summed E-state index contributed by atoms with van der Waals surface area (Å²) in [6, 6.07) is 23.2. The first-order valence-electron chi connectivity index (χ1n) is 6.75. The van der Waals surface area contributed by atoms with E-state index < -0.39 is 0 Å². The molecule has 0 aliphatic carbocycles. The molecule has 1 N–H and O–H groups in total. The fraction of sp³-hybridized carbons (Fsp3) is 0. The van der Waals surface area contributed by atoms with Crippen LogP contribution in [0, 0.1) is 0 Å². The van der Waals surface area contributed by atoms with Gasteiger partial charge in [0.2, 0.25) is 0 Å². The molecule has 3 heteroatoms. The van der Waals surface area contributed by atoms with Gasteiger partial charge in [-0.15, -0.1) is 0 Å². The van der Waals surface area contributed by atoms with Crippen molar-refractivity contribution < 1.29 is 0 Å². The van der Waals surface area contributed by atoms with Crippen LogP contribution in [0.25, 0.3) is 11.1 Å². The Balaban J connectivity index is 1.92. The molecule has 1 aliphatic heterocycles. The summed E-state index contributed by atoms with van der Waals surface area (Å²) in [5.74, 6) is 0. The van der Waals surface area contributed by atoms with E-state index in [2.05, 4.69) is 81.9 Å². The van der Waals surface area contributed by atoms with Gasteiger partial charge in [0.15, 0.2) is 0 Å². The van der Waals surface area contributed by atoms with Crippen LogP contribution in [-0.2, 0) is 0 Å². The van der Waals surface area contributed by atoms with Crippen molar-refractivity contribution in [1.29, 1.82) is 0 Å². The second-order valence-corrected chi connectivity index (χ2v) is 6.82. The highest BCUT2D eigenvalue weighted by molar-refractivity contribution is 9.10. The smallest absolute Gasteiger partial charge is 0.0617 e. The first-order chi connectivity index (χ1) is 10.3. The molecule has 4 rings (SSSR count). The van der Waals surface area contributed by atoms with E-state index >= 15 is 0 Å². The van der Waals surface area contributed by atoms with Gasteiger partial charge in [-0.05, 0) is 29.8 Å². The summed E-state index contributed by atoms with van der Waals surface area (Å²) in [4.78, 5) is 2.53. The zero-order chi connectivity index (χ0) is 14.2. The normalized spacial score (nSPS) is 12.2. The number of hydrogen-bond acceptors (Lipinski definition) is 2. The number of anilines is 2. The fourth-order valence-corrected chi connectivity index (χ4v) is 4.13. The number of para-hydroxylation sites is 1. The number of nitrogens with one attached hydrogen (secondary N) is 1. The van der Waals surface area contributed by atoms with Crippen molar-refractivity contribution in [3.63, 3.8) is 0 Å². The molecule has 21 heavy (non-hydrogen) atoms. The lowest BCUT2D eigenvalue weighted by Crippen LogP contribution is -2.02. The predicted octanol–water partition coefficient (Wildman–Crippen LogP) is 6.32. The zero-order valence-electron chi connectivity index (χ0n) is 11.1. The van der Waals surface area contributed by atoms with Crippen LogP contribution < -0.4 is 5.32 Å². The Labute approximate surface area is 136 Å². The largest absolute Gasteiger partial charge is 0.353 e. The monoisotopic (exact) mass is 353 g/mol. The van der Waals surface area contributed by atoms with Gasteiger partial charge in [-0.1, -0.05) is 70.2 Å². The molecule has 0 spiro atoms. The molecular weight excluding hydrogens is 342 g/mol. The maximum Gasteiger partial charge on any atom is 0.0617 e. The van der Waals surface area contributed by atoms with Crippen LogP contribution >= 0.6 is 27.7 Å². The molecule has 0 bridgehead atoms. The Hall–Kier alpha value is -1.71. The molecule has 1 aliphatic rings. The lowest BCUT2D eigenvalue weighted by molar-refractivity contribution is 1.31. The molecule has 102 valence electrons. The molecule has 1 nitrogen and oxygen atoms in total. The van der Waals surface area contributed by atoms with Gasteiger partial charge in [-0.25, -0.2) is 0 Å². The van der Waals surface area contributed by atoms with Gasteiger partial charge in [-0.2, -0.15) is 0 Å². The highest BCUT2D eigenvalue weighted by atomic mass is 79.9. The Kier molecular flexibility index (Phi) is 3.24. The first kappa shape index (κ1) is 13.0. The van der Waals surface area contributed by atoms with Crippen LogP contribution in [0.2, 0.25) is 0 Å². The van der Waals surface area contributed by atoms with Crippen LogP contribution in [0.4, 0.5) is 11.4 Å². The van der Waals surface area contributed by atoms with Gasteiger partial charge in [0, 0.05) is 19.8 Å². The van der Waals surface area contributed by atoms with Crippen molar-refractivity contribution in [2.75, 3.05) is 5.32 Å². The van der Waals surface area contributed by atoms with Crippen molar-refractivity contribution in [2.24, 2.45) is 0 Å². The maximum atomic E-state index is 3.70. The molecular formula is C18H12BrNS. The van der Waals surface area contributed by atoms with E-state index in [4.69, 9.17) is 0 Å². The third-order valence-corrected chi connectivity index (χ3v) is 5.34. The molecule has 0 saturated heterocycles. The molecule has 0 aromatic heterocycles. The second-order valence-electron chi connectivity index (χ2n) is 4.88. The minimum absolute atomic E-state index is 1.11. The third kappa shape index (κ3) is 2.27. The van der Waals surface area contributed by atoms with Gasteiger partial charge < -0.3 is 5.32 Å². The summed E-state index contributed by atoms with van der Waals surface area (Å²) >= 11 is 5.52. The SMILES string of the molecule is Brc1ccc2c(c1-c1ccccc1)Nc1ccccc1S2. The Bertz CT molecular complexity index is 815. The summed E-state index contributed by atoms with van der Waals surface area (Å²) in [6.07, 6.45) is 0. The fourth-order valence-electron chi connectivity index (χ4n) is 2.57. The minimum atomic E-state index is 1.11. The van der Waals surface area contributed by atoms with Gasteiger partial charge in [0.05, 0.1) is 11.4 Å². The van der Waals surface area contributed by atoms with Gasteiger partial charge in [0.1, 0.15) is 0 Å². The van der Waals surface area contributed by atoms with E-state index in [1.807, 2.05) is 17.8 Å². The molecule has 0 amide bonds. The molecule has 0 fully saturated rings. The number of benzene rings is 3. The molecule has 0 saturated carbocycles. The average molecular weight is 354 g/mol. The van der Waals surface area contributed by atoms with Crippen LogP contribution in [0.5, 0.6) is 0 Å². The summed E-state index contributed by atoms with van der Waals surface area (Å²) < 4.78 is 1.11. The highest BCUT2D eigenvalue weighted by Crippen LogP contribution is 2.49. The van der Waals surface area contributed by atoms with E-state index in [-0.39, 0.29) is 0 Å². The number of halogens is 1. The topological polar surface area (TPSA) is 12.0 Å². The quantitative estimate of drug-likeness (QED) is 0.429. The number of hydrogen-bond donors (Lipinski definition) is 1. The van der Waals surface area contributed by atoms with Crippen LogP contribution in [0.1, 0.15) is 0 Å². The van der Waals surface area contributed by atoms with Crippen LogP contribution in [-0.4, -0.2) is 0 Å². The number of rotatable bonds is 1. The molecule has 0 atom stereocenters. The van der Waals surface area contributed by atoms with Gasteiger partial charge in [0.25, 0.3) is 0 Å². The molecule has 3 aromatic rings. The second kappa shape index (κ2) is 5.24. The lowest BCUT2D eigenvalue weighted by Gasteiger charge is -2.24. The summed E-state index contributed by atoms with van der Waals surface area (Å²) in [5, 5.41) is 3.60. The van der Waals surface area contributed by atoms with E-state index in [0.717, 1.165) is 4.47 Å².